The van der Waals surface area contributed by atoms with Crippen molar-refractivity contribution in [3.05, 3.63) is 59.4 Å². The molecule has 0 spiro atoms. The van der Waals surface area contributed by atoms with Crippen molar-refractivity contribution in [3.63, 3.8) is 0 Å². The van der Waals surface area contributed by atoms with Crippen LogP contribution in [0.1, 0.15) is 21.5 Å². The molecule has 0 saturated carbocycles. The quantitative estimate of drug-likeness (QED) is 0.404. The summed E-state index contributed by atoms with van der Waals surface area (Å²) in [4.78, 5) is 28.2. The van der Waals surface area contributed by atoms with E-state index in [-0.39, 0.29) is 11.8 Å². The molecular weight excluding hydrogens is 446 g/mol. The molecule has 0 radical (unpaired) electrons. The van der Waals surface area contributed by atoms with Crippen LogP contribution in [0.4, 0.5) is 5.82 Å². The van der Waals surface area contributed by atoms with E-state index in [4.69, 9.17) is 14.9 Å². The topological polar surface area (TPSA) is 125 Å². The van der Waals surface area contributed by atoms with Gasteiger partial charge < -0.3 is 25.5 Å². The predicted molar refractivity (Wildman–Crippen MR) is 134 cm³/mol. The van der Waals surface area contributed by atoms with Crippen LogP contribution in [-0.2, 0) is 4.74 Å². The third-order valence-electron chi connectivity index (χ3n) is 5.69. The normalized spacial score (nSPS) is 13.8. The number of nitrogens with one attached hydrogen (secondary N) is 3. The van der Waals surface area contributed by atoms with Crippen molar-refractivity contribution in [2.24, 2.45) is 0 Å². The summed E-state index contributed by atoms with van der Waals surface area (Å²) in [5, 5.41) is 13.9. The molecule has 0 aliphatic carbocycles. The minimum absolute atomic E-state index is 0.176. The van der Waals surface area contributed by atoms with Crippen molar-refractivity contribution in [1.82, 2.24) is 25.2 Å². The average Bonchev–Trinajstić information content (AvgIpc) is 2.90. The lowest BCUT2D eigenvalue weighted by atomic mass is 10.1. The number of pyridine rings is 1. The van der Waals surface area contributed by atoms with Gasteiger partial charge in [0, 0.05) is 63.0 Å². The van der Waals surface area contributed by atoms with Crippen LogP contribution in [0.2, 0.25) is 0 Å². The van der Waals surface area contributed by atoms with Gasteiger partial charge in [0.1, 0.15) is 11.6 Å². The number of carbonyl (C=O) groups is 1. The highest BCUT2D eigenvalue weighted by Crippen LogP contribution is 2.31. The maximum atomic E-state index is 12.8. The van der Waals surface area contributed by atoms with Gasteiger partial charge in [-0.3, -0.25) is 14.7 Å². The van der Waals surface area contributed by atoms with E-state index in [1.807, 2.05) is 19.1 Å². The lowest BCUT2D eigenvalue weighted by Crippen LogP contribution is -2.41. The van der Waals surface area contributed by atoms with Crippen LogP contribution in [0.15, 0.2) is 42.7 Å². The molecule has 0 atom stereocenters. The summed E-state index contributed by atoms with van der Waals surface area (Å²) in [7, 11) is 1.72. The molecule has 10 heteroatoms. The monoisotopic (exact) mass is 475 g/mol. The van der Waals surface area contributed by atoms with Crippen LogP contribution in [0.5, 0.6) is 11.6 Å². The fourth-order valence-electron chi connectivity index (χ4n) is 3.68. The Balaban J connectivity index is 1.55. The summed E-state index contributed by atoms with van der Waals surface area (Å²) >= 11 is 0. The Morgan fingerprint density at radius 2 is 2.09 bits per heavy atom. The van der Waals surface area contributed by atoms with Gasteiger partial charge in [0.05, 0.1) is 18.8 Å². The first-order valence-electron chi connectivity index (χ1n) is 11.5. The van der Waals surface area contributed by atoms with Crippen LogP contribution >= 0.6 is 0 Å². The first kappa shape index (κ1) is 24.2. The van der Waals surface area contributed by atoms with Gasteiger partial charge in [-0.15, -0.1) is 0 Å². The van der Waals surface area contributed by atoms with E-state index in [2.05, 4.69) is 30.5 Å². The largest absolute Gasteiger partial charge is 0.438 e. The number of anilines is 1. The Morgan fingerprint density at radius 1 is 1.26 bits per heavy atom. The molecular formula is C25H29N7O3. The molecule has 3 heterocycles. The Morgan fingerprint density at radius 3 is 2.80 bits per heavy atom. The van der Waals surface area contributed by atoms with Crippen LogP contribution < -0.4 is 15.4 Å². The lowest BCUT2D eigenvalue weighted by molar-refractivity contribution is 0.0383. The van der Waals surface area contributed by atoms with Gasteiger partial charge in [-0.05, 0) is 36.8 Å². The third-order valence-corrected chi connectivity index (χ3v) is 5.69. The first-order valence-corrected chi connectivity index (χ1v) is 11.5. The molecule has 0 bridgehead atoms. The Hall–Kier alpha value is -3.89. The zero-order valence-corrected chi connectivity index (χ0v) is 19.9. The van der Waals surface area contributed by atoms with Crippen molar-refractivity contribution in [1.29, 1.82) is 5.41 Å². The van der Waals surface area contributed by atoms with Crippen LogP contribution in [0, 0.1) is 12.3 Å². The minimum Gasteiger partial charge on any atom is -0.438 e. The second kappa shape index (κ2) is 11.5. The molecule has 1 saturated heterocycles. The molecule has 2 aromatic heterocycles. The maximum absolute atomic E-state index is 12.8. The van der Waals surface area contributed by atoms with Crippen molar-refractivity contribution in [2.75, 3.05) is 51.8 Å². The number of rotatable bonds is 9. The summed E-state index contributed by atoms with van der Waals surface area (Å²) < 4.78 is 11.5. The van der Waals surface area contributed by atoms with Crippen molar-refractivity contribution < 1.29 is 14.3 Å². The summed E-state index contributed by atoms with van der Waals surface area (Å²) in [5.41, 5.74) is 2.44. The summed E-state index contributed by atoms with van der Waals surface area (Å²) in [6.07, 6.45) is 4.48. The Bertz CT molecular complexity index is 1180. The highest BCUT2D eigenvalue weighted by atomic mass is 16.5. The SMILES string of the molecule is CNc1nc(-c2cccnc2)nc(Oc2cc(C(=O)NCCN3CCOCC3)ccc2C)c1C=N. The number of aryl methyl sites for hydroxylation is 1. The van der Waals surface area contributed by atoms with Gasteiger partial charge in [0.15, 0.2) is 5.82 Å². The number of morpholine rings is 1. The van der Waals surface area contributed by atoms with E-state index >= 15 is 0 Å². The molecule has 10 nitrogen and oxygen atoms in total. The molecule has 3 N–H and O–H groups in total. The molecule has 35 heavy (non-hydrogen) atoms. The second-order valence-corrected chi connectivity index (χ2v) is 8.04. The maximum Gasteiger partial charge on any atom is 0.251 e. The molecule has 182 valence electrons. The Labute approximate surface area is 204 Å². The van der Waals surface area contributed by atoms with Crippen molar-refractivity contribution in [2.45, 2.75) is 6.92 Å². The van der Waals surface area contributed by atoms with E-state index in [0.29, 0.717) is 35.1 Å². The number of hydrogen-bond acceptors (Lipinski definition) is 9. The third kappa shape index (κ3) is 5.97. The fraction of sp³-hybridized carbons (Fsp3) is 0.320. The number of hydrogen-bond donors (Lipinski definition) is 3. The van der Waals surface area contributed by atoms with E-state index in [9.17, 15) is 4.79 Å². The summed E-state index contributed by atoms with van der Waals surface area (Å²) in [6, 6.07) is 8.94. The molecule has 1 aliphatic heterocycles. The molecule has 1 aliphatic rings. The molecule has 3 aromatic rings. The highest BCUT2D eigenvalue weighted by Gasteiger charge is 2.18. The standard InChI is InChI=1S/C25H29N7O3/c1-17-5-6-18(24(33)29-8-9-32-10-12-34-13-11-32)14-21(17)35-25-20(15-26)23(27-2)30-22(31-25)19-4-3-7-28-16-19/h3-7,14-16,26H,8-13H2,1-2H3,(H,29,33)(H,27,30,31). The fourth-order valence-corrected chi connectivity index (χ4v) is 3.68. The number of amides is 1. The highest BCUT2D eigenvalue weighted by molar-refractivity contribution is 5.94. The van der Waals surface area contributed by atoms with Gasteiger partial charge in [0.2, 0.25) is 5.88 Å². The van der Waals surface area contributed by atoms with E-state index in [1.165, 1.54) is 0 Å². The zero-order valence-electron chi connectivity index (χ0n) is 19.9. The van der Waals surface area contributed by atoms with Crippen LogP contribution in [0.3, 0.4) is 0 Å². The zero-order chi connectivity index (χ0) is 24.6. The molecule has 1 aromatic carbocycles. The minimum atomic E-state index is -0.176. The average molecular weight is 476 g/mol. The number of benzene rings is 1. The van der Waals surface area contributed by atoms with Gasteiger partial charge in [0.25, 0.3) is 5.91 Å². The predicted octanol–water partition coefficient (Wildman–Crippen LogP) is 2.74. The van der Waals surface area contributed by atoms with Gasteiger partial charge in [-0.1, -0.05) is 6.07 Å². The molecule has 0 unspecified atom stereocenters. The van der Waals surface area contributed by atoms with Gasteiger partial charge in [-0.25, -0.2) is 4.98 Å². The van der Waals surface area contributed by atoms with Gasteiger partial charge >= 0.3 is 0 Å². The van der Waals surface area contributed by atoms with Crippen molar-refractivity contribution in [3.8, 4) is 23.0 Å². The number of carbonyl (C=O) groups excluding carboxylic acids is 1. The number of aromatic nitrogens is 3. The molecule has 4 rings (SSSR count). The van der Waals surface area contributed by atoms with Crippen LogP contribution in [-0.4, -0.2) is 78.4 Å². The number of nitrogens with zero attached hydrogens (tertiary/aromatic N) is 4. The molecule has 1 amide bonds. The second-order valence-electron chi connectivity index (χ2n) is 8.04. The van der Waals surface area contributed by atoms with E-state index < -0.39 is 0 Å². The van der Waals surface area contributed by atoms with Crippen molar-refractivity contribution >= 4 is 17.9 Å². The summed E-state index contributed by atoms with van der Waals surface area (Å²) in [6.45, 7) is 6.42. The van der Waals surface area contributed by atoms with E-state index in [0.717, 1.165) is 50.2 Å². The molecule has 1 fully saturated rings. The Kier molecular flexibility index (Phi) is 7.96. The van der Waals surface area contributed by atoms with E-state index in [1.54, 1.807) is 37.6 Å². The first-order chi connectivity index (χ1) is 17.1. The lowest BCUT2D eigenvalue weighted by Gasteiger charge is -2.26. The smallest absolute Gasteiger partial charge is 0.251 e. The van der Waals surface area contributed by atoms with Gasteiger partial charge in [-0.2, -0.15) is 4.98 Å². The summed E-state index contributed by atoms with van der Waals surface area (Å²) in [5.74, 6) is 1.39. The van der Waals surface area contributed by atoms with Crippen LogP contribution in [0.25, 0.3) is 11.4 Å². The number of ether oxygens (including phenoxy) is 2.